The Bertz CT molecular complexity index is 1050. The molecule has 1 aromatic heterocycles. The zero-order valence-corrected chi connectivity index (χ0v) is 22.4. The van der Waals surface area contributed by atoms with E-state index in [4.69, 9.17) is 20.9 Å². The maximum atomic E-state index is 13.4. The largest absolute Gasteiger partial charge is 0.493 e. The summed E-state index contributed by atoms with van der Waals surface area (Å²) in [6.45, 7) is 8.58. The molecule has 36 heavy (non-hydrogen) atoms. The molecule has 2 aliphatic rings. The molecule has 0 saturated carbocycles. The Morgan fingerprint density at radius 2 is 1.89 bits per heavy atom. The fraction of sp³-hybridized carbons (Fsp3) is 0.593. The van der Waals surface area contributed by atoms with Crippen LogP contribution >= 0.6 is 11.6 Å². The van der Waals surface area contributed by atoms with E-state index in [1.165, 1.54) is 0 Å². The van der Waals surface area contributed by atoms with Gasteiger partial charge < -0.3 is 24.0 Å². The van der Waals surface area contributed by atoms with Crippen LogP contribution in [0.25, 0.3) is 0 Å². The van der Waals surface area contributed by atoms with Crippen molar-refractivity contribution in [1.29, 1.82) is 0 Å². The quantitative estimate of drug-likeness (QED) is 0.532. The molecule has 2 amide bonds. The lowest BCUT2D eigenvalue weighted by Crippen LogP contribution is -2.53. The minimum absolute atomic E-state index is 0.0916. The molecule has 1 atom stereocenters. The van der Waals surface area contributed by atoms with Gasteiger partial charge in [0, 0.05) is 68.1 Å². The van der Waals surface area contributed by atoms with Crippen LogP contribution in [-0.2, 0) is 16.0 Å². The van der Waals surface area contributed by atoms with E-state index in [2.05, 4.69) is 17.1 Å². The van der Waals surface area contributed by atoms with Gasteiger partial charge in [0.2, 0.25) is 11.8 Å². The maximum absolute atomic E-state index is 13.4. The number of carbonyl (C=O) groups excluding carboxylic acids is 2. The highest BCUT2D eigenvalue weighted by molar-refractivity contribution is 6.30. The highest BCUT2D eigenvalue weighted by Gasteiger charge is 2.41. The summed E-state index contributed by atoms with van der Waals surface area (Å²) in [5.74, 6) is 1.67. The van der Waals surface area contributed by atoms with E-state index >= 15 is 0 Å². The van der Waals surface area contributed by atoms with Gasteiger partial charge in [-0.1, -0.05) is 22.8 Å². The second-order valence-electron chi connectivity index (χ2n) is 10.3. The summed E-state index contributed by atoms with van der Waals surface area (Å²) in [5.41, 5.74) is 1.39. The van der Waals surface area contributed by atoms with Crippen LogP contribution in [0.1, 0.15) is 42.7 Å². The first-order valence-electron chi connectivity index (χ1n) is 12.8. The average Bonchev–Trinajstić information content (AvgIpc) is 3.18. The zero-order valence-electron chi connectivity index (χ0n) is 21.6. The van der Waals surface area contributed by atoms with Gasteiger partial charge in [0.05, 0.1) is 12.3 Å². The Labute approximate surface area is 218 Å². The van der Waals surface area contributed by atoms with E-state index in [9.17, 15) is 9.59 Å². The normalized spacial score (nSPS) is 21.0. The molecule has 8 nitrogen and oxygen atoms in total. The van der Waals surface area contributed by atoms with Gasteiger partial charge in [-0.2, -0.15) is 0 Å². The smallest absolute Gasteiger partial charge is 0.223 e. The number of piperidine rings is 1. The topological polar surface area (TPSA) is 79.1 Å². The van der Waals surface area contributed by atoms with E-state index in [-0.39, 0.29) is 11.8 Å². The number of halogens is 1. The molecule has 0 bridgehead atoms. The molecule has 0 spiro atoms. The van der Waals surface area contributed by atoms with Crippen molar-refractivity contribution >= 4 is 23.4 Å². The number of carbonyl (C=O) groups is 2. The van der Waals surface area contributed by atoms with Gasteiger partial charge in [0.1, 0.15) is 11.5 Å². The number of amides is 2. The highest BCUT2D eigenvalue weighted by atomic mass is 35.5. The number of likely N-dealkylation sites (N-methyl/N-ethyl adjacent to an activating group) is 1. The molecule has 2 saturated heterocycles. The van der Waals surface area contributed by atoms with Crippen molar-refractivity contribution in [3.8, 4) is 5.75 Å². The van der Waals surface area contributed by atoms with Gasteiger partial charge in [-0.25, -0.2) is 0 Å². The molecule has 2 fully saturated rings. The Morgan fingerprint density at radius 1 is 1.11 bits per heavy atom. The zero-order chi connectivity index (χ0) is 25.7. The first-order chi connectivity index (χ1) is 17.2. The molecule has 2 aromatic rings. The van der Waals surface area contributed by atoms with Crippen molar-refractivity contribution in [2.45, 2.75) is 46.0 Å². The third-order valence-electron chi connectivity index (χ3n) is 7.51. The van der Waals surface area contributed by atoms with Gasteiger partial charge in [0.25, 0.3) is 0 Å². The molecule has 196 valence electrons. The van der Waals surface area contributed by atoms with Gasteiger partial charge >= 0.3 is 0 Å². The van der Waals surface area contributed by atoms with Crippen LogP contribution in [0.15, 0.2) is 28.8 Å². The lowest BCUT2D eigenvalue weighted by atomic mass is 9.77. The number of aryl methyl sites for hydroxylation is 2. The lowest BCUT2D eigenvalue weighted by Gasteiger charge is -2.43. The molecule has 4 rings (SSSR count). The molecule has 0 radical (unpaired) electrons. The fourth-order valence-electron chi connectivity index (χ4n) is 5.26. The van der Waals surface area contributed by atoms with Crippen molar-refractivity contribution in [3.05, 3.63) is 46.3 Å². The van der Waals surface area contributed by atoms with E-state index in [0.29, 0.717) is 49.7 Å². The number of hydrogen-bond donors (Lipinski definition) is 0. The van der Waals surface area contributed by atoms with Crippen LogP contribution in [0.4, 0.5) is 0 Å². The number of likely N-dealkylation sites (tertiary alicyclic amines) is 1. The van der Waals surface area contributed by atoms with E-state index < -0.39 is 5.41 Å². The van der Waals surface area contributed by atoms with Crippen LogP contribution in [0.3, 0.4) is 0 Å². The average molecular weight is 517 g/mol. The summed E-state index contributed by atoms with van der Waals surface area (Å²) in [6.07, 6.45) is 3.03. The van der Waals surface area contributed by atoms with E-state index in [1.54, 1.807) is 12.1 Å². The Morgan fingerprint density at radius 3 is 2.58 bits per heavy atom. The Balaban J connectivity index is 1.46. The first-order valence-corrected chi connectivity index (χ1v) is 13.2. The number of ether oxygens (including phenoxy) is 1. The molecule has 2 aliphatic heterocycles. The summed E-state index contributed by atoms with van der Waals surface area (Å²) in [5, 5.41) is 4.61. The lowest BCUT2D eigenvalue weighted by molar-refractivity contribution is -0.142. The van der Waals surface area contributed by atoms with Crippen LogP contribution in [0.5, 0.6) is 5.75 Å². The second kappa shape index (κ2) is 11.6. The Kier molecular flexibility index (Phi) is 8.57. The number of aromatic nitrogens is 1. The number of piperazine rings is 1. The monoisotopic (exact) mass is 516 g/mol. The van der Waals surface area contributed by atoms with Gasteiger partial charge in [0.15, 0.2) is 0 Å². The SMILES string of the molecule is Cc1noc(C)c1CCC(=O)N1CCCC(COc2cccc(Cl)c2)(CC(=O)N2CCN(C)CC2)C1. The molecule has 0 aliphatic carbocycles. The molecule has 1 unspecified atom stereocenters. The summed E-state index contributed by atoms with van der Waals surface area (Å²) >= 11 is 6.15. The third-order valence-corrected chi connectivity index (χ3v) is 7.74. The summed E-state index contributed by atoms with van der Waals surface area (Å²) in [4.78, 5) is 32.8. The van der Waals surface area contributed by atoms with Crippen molar-refractivity contribution in [2.75, 3.05) is 52.9 Å². The Hall–Kier alpha value is -2.58. The molecule has 0 N–H and O–H groups in total. The number of nitrogens with zero attached hydrogens (tertiary/aromatic N) is 4. The van der Waals surface area contributed by atoms with Gasteiger partial charge in [-0.3, -0.25) is 9.59 Å². The number of benzene rings is 1. The summed E-state index contributed by atoms with van der Waals surface area (Å²) in [6, 6.07) is 7.32. The molecule has 9 heteroatoms. The van der Waals surface area contributed by atoms with Crippen molar-refractivity contribution in [1.82, 2.24) is 19.9 Å². The second-order valence-corrected chi connectivity index (χ2v) is 10.8. The summed E-state index contributed by atoms with van der Waals surface area (Å²) in [7, 11) is 2.08. The molecular weight excluding hydrogens is 480 g/mol. The van der Waals surface area contributed by atoms with Gasteiger partial charge in [-0.15, -0.1) is 0 Å². The molecule has 3 heterocycles. The summed E-state index contributed by atoms with van der Waals surface area (Å²) < 4.78 is 11.4. The maximum Gasteiger partial charge on any atom is 0.223 e. The van der Waals surface area contributed by atoms with Gasteiger partial charge in [-0.05, 0) is 58.4 Å². The van der Waals surface area contributed by atoms with Crippen molar-refractivity contribution in [3.63, 3.8) is 0 Å². The predicted octanol–water partition coefficient (Wildman–Crippen LogP) is 3.73. The standard InChI is InChI=1S/C27H37ClN4O4/c1-20-24(21(2)36-29-20)8-9-25(33)32-11-5-10-27(18-32,19-35-23-7-4-6-22(28)16-23)17-26(34)31-14-12-30(3)13-15-31/h4,6-7,16H,5,8-15,17-19H2,1-3H3. The van der Waals surface area contributed by atoms with Crippen molar-refractivity contribution < 1.29 is 18.8 Å². The third kappa shape index (κ3) is 6.59. The minimum Gasteiger partial charge on any atom is -0.493 e. The van der Waals surface area contributed by atoms with E-state index in [0.717, 1.165) is 56.0 Å². The van der Waals surface area contributed by atoms with Crippen LogP contribution in [-0.4, -0.2) is 84.6 Å². The van der Waals surface area contributed by atoms with Crippen molar-refractivity contribution in [2.24, 2.45) is 5.41 Å². The minimum atomic E-state index is -0.445. The number of hydrogen-bond acceptors (Lipinski definition) is 6. The van der Waals surface area contributed by atoms with Crippen LogP contribution < -0.4 is 4.74 Å². The van der Waals surface area contributed by atoms with Crippen LogP contribution in [0, 0.1) is 19.3 Å². The molecule has 1 aromatic carbocycles. The highest BCUT2D eigenvalue weighted by Crippen LogP contribution is 2.36. The van der Waals surface area contributed by atoms with E-state index in [1.807, 2.05) is 35.8 Å². The number of rotatable bonds is 8. The molecular formula is C27H37ClN4O4. The first kappa shape index (κ1) is 26.5. The van der Waals surface area contributed by atoms with Crippen LogP contribution in [0.2, 0.25) is 5.02 Å². The predicted molar refractivity (Wildman–Crippen MR) is 138 cm³/mol. The fourth-order valence-corrected chi connectivity index (χ4v) is 5.44.